The number of nitrogens with one attached hydrogen (secondary N) is 2. The van der Waals surface area contributed by atoms with Crippen molar-refractivity contribution in [2.45, 2.75) is 25.5 Å². The van der Waals surface area contributed by atoms with Gasteiger partial charge in [0.25, 0.3) is 5.56 Å². The van der Waals surface area contributed by atoms with Crippen LogP contribution in [-0.4, -0.2) is 48.7 Å². The third kappa shape index (κ3) is 5.99. The van der Waals surface area contributed by atoms with Crippen molar-refractivity contribution in [2.75, 3.05) is 18.4 Å². The summed E-state index contributed by atoms with van der Waals surface area (Å²) in [6, 6.07) is 15.4. The molecule has 1 aliphatic rings. The average Bonchev–Trinajstić information content (AvgIpc) is 3.77. The Hall–Kier alpha value is -5.00. The molecule has 1 aliphatic heterocycles. The van der Waals surface area contributed by atoms with Gasteiger partial charge in [-0.1, -0.05) is 6.07 Å². The summed E-state index contributed by atoms with van der Waals surface area (Å²) in [6.07, 6.45) is 12.2. The lowest BCUT2D eigenvalue weighted by molar-refractivity contribution is 0.223. The van der Waals surface area contributed by atoms with Gasteiger partial charge < -0.3 is 15.4 Å². The van der Waals surface area contributed by atoms with Crippen molar-refractivity contribution in [1.82, 2.24) is 34.8 Å². The quantitative estimate of drug-likeness (QED) is 0.245. The Morgan fingerprint density at radius 1 is 1.00 bits per heavy atom. The van der Waals surface area contributed by atoms with Crippen molar-refractivity contribution in [2.24, 2.45) is 0 Å². The van der Waals surface area contributed by atoms with Gasteiger partial charge >= 0.3 is 0 Å². The first-order chi connectivity index (χ1) is 21.2. The van der Waals surface area contributed by atoms with Crippen LogP contribution in [0.1, 0.15) is 23.1 Å². The van der Waals surface area contributed by atoms with E-state index in [1.54, 1.807) is 41.7 Å². The molecule has 2 N–H and O–H groups in total. The van der Waals surface area contributed by atoms with Crippen LogP contribution in [0.4, 0.5) is 11.6 Å². The lowest BCUT2D eigenvalue weighted by atomic mass is 10.1. The molecule has 0 spiro atoms. The van der Waals surface area contributed by atoms with E-state index in [0.717, 1.165) is 58.0 Å². The summed E-state index contributed by atoms with van der Waals surface area (Å²) < 4.78 is 7.76. The molecule has 0 bridgehead atoms. The number of benzene rings is 1. The summed E-state index contributed by atoms with van der Waals surface area (Å²) in [5.41, 5.74) is 4.64. The molecule has 5 aromatic heterocycles. The molecule has 7 rings (SSSR count). The maximum Gasteiger partial charge on any atom is 0.256 e. The molecule has 10 nitrogen and oxygen atoms in total. The Kier molecular flexibility index (Phi) is 7.55. The summed E-state index contributed by atoms with van der Waals surface area (Å²) >= 11 is 1.53. The molecule has 0 saturated carbocycles. The number of rotatable bonds is 9. The lowest BCUT2D eigenvalue weighted by Crippen LogP contribution is -2.26. The fourth-order valence-corrected chi connectivity index (χ4v) is 5.91. The van der Waals surface area contributed by atoms with E-state index in [4.69, 9.17) is 9.72 Å². The van der Waals surface area contributed by atoms with Crippen LogP contribution in [0.15, 0.2) is 95.9 Å². The van der Waals surface area contributed by atoms with E-state index >= 15 is 0 Å². The minimum absolute atomic E-state index is 0.120. The molecule has 1 atom stereocenters. The third-order valence-electron chi connectivity index (χ3n) is 7.35. The van der Waals surface area contributed by atoms with E-state index < -0.39 is 0 Å². The number of nitrogens with zero attached hydrogens (tertiary/aromatic N) is 6. The molecule has 11 heteroatoms. The Bertz CT molecular complexity index is 1910. The molecule has 6 heterocycles. The third-order valence-corrected chi connectivity index (χ3v) is 8.16. The molecule has 1 unspecified atom stereocenters. The van der Waals surface area contributed by atoms with Crippen molar-refractivity contribution < 1.29 is 4.74 Å². The zero-order valence-corrected chi connectivity index (χ0v) is 24.0. The largest absolute Gasteiger partial charge is 0.489 e. The molecule has 43 heavy (non-hydrogen) atoms. The standard InChI is InChI=1S/C32H28N8O2S/c41-31-23(14-21-2-1-9-33-16-21)15-24-17-37-32(38-25-3-5-26(6-4-25)42-27-8-11-34-18-27)39-29(24)40(31)20-22-7-10-35-19-28(22)30-36-12-13-43-30/h1-7,9-10,12-13,15-17,19,27,34H,8,11,14,18,20H2,(H,37,38,39). The maximum absolute atomic E-state index is 14.1. The first kappa shape index (κ1) is 26.9. The van der Waals surface area contributed by atoms with E-state index in [1.807, 2.05) is 53.9 Å². The van der Waals surface area contributed by atoms with Crippen LogP contribution in [0.2, 0.25) is 0 Å². The average molecular weight is 589 g/mol. The fourth-order valence-electron chi connectivity index (χ4n) is 5.22. The maximum atomic E-state index is 14.1. The van der Waals surface area contributed by atoms with Gasteiger partial charge in [0.2, 0.25) is 5.95 Å². The number of anilines is 2. The molecule has 0 aliphatic carbocycles. The zero-order valence-electron chi connectivity index (χ0n) is 23.2. The van der Waals surface area contributed by atoms with Crippen molar-refractivity contribution in [1.29, 1.82) is 0 Å². The molecule has 0 amide bonds. The van der Waals surface area contributed by atoms with E-state index in [9.17, 15) is 4.79 Å². The van der Waals surface area contributed by atoms with Crippen molar-refractivity contribution in [3.8, 4) is 16.3 Å². The molecule has 1 aromatic carbocycles. The predicted octanol–water partition coefficient (Wildman–Crippen LogP) is 4.83. The normalized spacial score (nSPS) is 14.7. The van der Waals surface area contributed by atoms with E-state index in [-0.39, 0.29) is 11.7 Å². The van der Waals surface area contributed by atoms with Crippen LogP contribution in [-0.2, 0) is 13.0 Å². The summed E-state index contributed by atoms with van der Waals surface area (Å²) in [4.78, 5) is 36.5. The van der Waals surface area contributed by atoms with Crippen molar-refractivity contribution in [3.63, 3.8) is 0 Å². The van der Waals surface area contributed by atoms with Crippen LogP contribution in [0.5, 0.6) is 5.75 Å². The first-order valence-electron chi connectivity index (χ1n) is 14.1. The predicted molar refractivity (Wildman–Crippen MR) is 167 cm³/mol. The topological polar surface area (TPSA) is 120 Å². The van der Waals surface area contributed by atoms with Crippen LogP contribution in [0.25, 0.3) is 21.6 Å². The first-order valence-corrected chi connectivity index (χ1v) is 14.9. The van der Waals surface area contributed by atoms with E-state index in [1.165, 1.54) is 11.3 Å². The van der Waals surface area contributed by atoms with Crippen LogP contribution < -0.4 is 20.9 Å². The second-order valence-corrected chi connectivity index (χ2v) is 11.2. The van der Waals surface area contributed by atoms with Gasteiger partial charge in [0.15, 0.2) is 0 Å². The van der Waals surface area contributed by atoms with Crippen LogP contribution in [0.3, 0.4) is 0 Å². The van der Waals surface area contributed by atoms with Gasteiger partial charge in [0.1, 0.15) is 22.5 Å². The smallest absolute Gasteiger partial charge is 0.256 e. The van der Waals surface area contributed by atoms with Crippen LogP contribution in [0, 0.1) is 0 Å². The van der Waals surface area contributed by atoms with Crippen LogP contribution >= 0.6 is 11.3 Å². The summed E-state index contributed by atoms with van der Waals surface area (Å²) in [5.74, 6) is 1.21. The van der Waals surface area contributed by atoms with Gasteiger partial charge in [0, 0.05) is 77.7 Å². The minimum Gasteiger partial charge on any atom is -0.489 e. The van der Waals surface area contributed by atoms with Gasteiger partial charge in [-0.05, 0) is 66.6 Å². The highest BCUT2D eigenvalue weighted by Crippen LogP contribution is 2.27. The number of hydrogen-bond acceptors (Lipinski definition) is 10. The fraction of sp³-hybridized carbons (Fsp3) is 0.188. The van der Waals surface area contributed by atoms with Gasteiger partial charge in [-0.15, -0.1) is 11.3 Å². The number of pyridine rings is 3. The monoisotopic (exact) mass is 588 g/mol. The molecule has 0 radical (unpaired) electrons. The molecular formula is C32H28N8O2S. The zero-order chi connectivity index (χ0) is 29.0. The molecule has 6 aromatic rings. The number of hydrogen-bond donors (Lipinski definition) is 2. The van der Waals surface area contributed by atoms with Gasteiger partial charge in [-0.25, -0.2) is 9.97 Å². The highest BCUT2D eigenvalue weighted by molar-refractivity contribution is 7.13. The summed E-state index contributed by atoms with van der Waals surface area (Å²) in [5, 5.41) is 10.1. The minimum atomic E-state index is -0.120. The Morgan fingerprint density at radius 2 is 1.91 bits per heavy atom. The highest BCUT2D eigenvalue weighted by Gasteiger charge is 2.17. The Balaban J connectivity index is 1.25. The second-order valence-electron chi connectivity index (χ2n) is 10.3. The SMILES string of the molecule is O=c1c(Cc2cccnc2)cc2cnc(Nc3ccc(OC4CCNC4)cc3)nc2n1Cc1ccncc1-c1nccs1. The lowest BCUT2D eigenvalue weighted by Gasteiger charge is -2.15. The number of thiazole rings is 1. The van der Waals surface area contributed by atoms with E-state index in [2.05, 4.69) is 30.6 Å². The van der Waals surface area contributed by atoms with Gasteiger partial charge in [-0.3, -0.25) is 19.3 Å². The molecular weight excluding hydrogens is 560 g/mol. The summed E-state index contributed by atoms with van der Waals surface area (Å²) in [6.45, 7) is 2.14. The van der Waals surface area contributed by atoms with Gasteiger partial charge in [0.05, 0.1) is 6.54 Å². The van der Waals surface area contributed by atoms with Crippen molar-refractivity contribution >= 4 is 34.0 Å². The second kappa shape index (κ2) is 12.1. The van der Waals surface area contributed by atoms with Crippen molar-refractivity contribution in [3.05, 3.63) is 118 Å². The highest BCUT2D eigenvalue weighted by atomic mass is 32.1. The molecule has 1 fully saturated rings. The number of ether oxygens (including phenoxy) is 1. The number of fused-ring (bicyclic) bond motifs is 1. The van der Waals surface area contributed by atoms with E-state index in [0.29, 0.717) is 30.1 Å². The molecule has 214 valence electrons. The Morgan fingerprint density at radius 3 is 2.70 bits per heavy atom. The Labute approximate surface area is 251 Å². The van der Waals surface area contributed by atoms with Gasteiger partial charge in [-0.2, -0.15) is 4.98 Å². The number of aromatic nitrogens is 6. The summed E-state index contributed by atoms with van der Waals surface area (Å²) in [7, 11) is 0. The molecule has 1 saturated heterocycles.